The van der Waals surface area contributed by atoms with E-state index in [1.54, 1.807) is 18.2 Å². The maximum absolute atomic E-state index is 11.4. The lowest BCUT2D eigenvalue weighted by molar-refractivity contribution is -0.134. The summed E-state index contributed by atoms with van der Waals surface area (Å²) >= 11 is 0. The summed E-state index contributed by atoms with van der Waals surface area (Å²) in [5.41, 5.74) is 1.47. The minimum atomic E-state index is -3.68. The molecular formula is C14H15NO4S. The summed E-state index contributed by atoms with van der Waals surface area (Å²) in [7, 11) is -3.68. The summed E-state index contributed by atoms with van der Waals surface area (Å²) in [4.78, 5) is 9.15. The van der Waals surface area contributed by atoms with Crippen LogP contribution in [0.3, 0.4) is 0 Å². The topological polar surface area (TPSA) is 97.5 Å². The first-order chi connectivity index (χ1) is 9.32. The number of nitrogens with two attached hydrogens (primary N) is 1. The van der Waals surface area contributed by atoms with Crippen molar-refractivity contribution in [1.82, 2.24) is 0 Å². The summed E-state index contributed by atoms with van der Waals surface area (Å²) in [5, 5.41) is 12.6. The molecule has 0 aromatic heterocycles. The summed E-state index contributed by atoms with van der Waals surface area (Å²) in [5.74, 6) is -0.833. The first-order valence-corrected chi connectivity index (χ1v) is 7.24. The van der Waals surface area contributed by atoms with E-state index in [0.717, 1.165) is 12.5 Å². The third kappa shape index (κ3) is 4.83. The highest BCUT2D eigenvalue weighted by molar-refractivity contribution is 7.89. The minimum Gasteiger partial charge on any atom is -0.481 e. The third-order valence-corrected chi connectivity index (χ3v) is 3.25. The van der Waals surface area contributed by atoms with Crippen molar-refractivity contribution in [2.24, 2.45) is 5.14 Å². The van der Waals surface area contributed by atoms with Crippen LogP contribution in [-0.4, -0.2) is 19.5 Å². The molecule has 0 saturated carbocycles. The monoisotopic (exact) mass is 293 g/mol. The molecule has 0 radical (unpaired) electrons. The lowest BCUT2D eigenvalue weighted by atomic mass is 10.1. The van der Waals surface area contributed by atoms with Crippen LogP contribution in [0.5, 0.6) is 0 Å². The molecule has 0 aliphatic heterocycles. The van der Waals surface area contributed by atoms with Crippen molar-refractivity contribution in [2.45, 2.75) is 11.8 Å². The molecule has 2 aromatic carbocycles. The van der Waals surface area contributed by atoms with E-state index in [4.69, 9.17) is 15.0 Å². The molecule has 0 fully saturated rings. The predicted octanol–water partition coefficient (Wildman–Crippen LogP) is 2.09. The number of carboxylic acids is 1. The number of carbonyl (C=O) groups is 1. The van der Waals surface area contributed by atoms with Gasteiger partial charge in [0.15, 0.2) is 0 Å². The summed E-state index contributed by atoms with van der Waals surface area (Å²) in [6.07, 6.45) is 0. The van der Waals surface area contributed by atoms with Gasteiger partial charge in [-0.25, -0.2) is 13.6 Å². The van der Waals surface area contributed by atoms with Gasteiger partial charge >= 0.3 is 0 Å². The maximum atomic E-state index is 11.4. The fourth-order valence-corrected chi connectivity index (χ4v) is 2.33. The van der Waals surface area contributed by atoms with Crippen molar-refractivity contribution in [3.8, 4) is 11.1 Å². The molecule has 0 bridgehead atoms. The summed E-state index contributed by atoms with van der Waals surface area (Å²) < 4.78 is 22.8. The fraction of sp³-hybridized carbons (Fsp3) is 0.0714. The van der Waals surface area contributed by atoms with Gasteiger partial charge in [-0.05, 0) is 11.6 Å². The van der Waals surface area contributed by atoms with Crippen LogP contribution in [0.4, 0.5) is 0 Å². The van der Waals surface area contributed by atoms with Crippen LogP contribution < -0.4 is 5.14 Å². The molecule has 0 saturated heterocycles. The first-order valence-electron chi connectivity index (χ1n) is 5.69. The Morgan fingerprint density at radius 3 is 1.95 bits per heavy atom. The zero-order chi connectivity index (χ0) is 15.2. The van der Waals surface area contributed by atoms with Crippen LogP contribution in [0, 0.1) is 0 Å². The van der Waals surface area contributed by atoms with Gasteiger partial charge < -0.3 is 5.11 Å². The van der Waals surface area contributed by atoms with Gasteiger partial charge in [0.25, 0.3) is 5.97 Å². The van der Waals surface area contributed by atoms with Crippen molar-refractivity contribution in [3.63, 3.8) is 0 Å². The molecule has 2 aromatic rings. The molecule has 20 heavy (non-hydrogen) atoms. The summed E-state index contributed by atoms with van der Waals surface area (Å²) in [6.45, 7) is 1.08. The molecule has 0 amide bonds. The zero-order valence-corrected chi connectivity index (χ0v) is 11.7. The van der Waals surface area contributed by atoms with Crippen molar-refractivity contribution >= 4 is 16.0 Å². The van der Waals surface area contributed by atoms with E-state index < -0.39 is 16.0 Å². The molecule has 0 heterocycles. The molecular weight excluding hydrogens is 278 g/mol. The first kappa shape index (κ1) is 15.9. The van der Waals surface area contributed by atoms with Crippen LogP contribution in [0.1, 0.15) is 6.92 Å². The average Bonchev–Trinajstić information content (AvgIpc) is 2.38. The largest absolute Gasteiger partial charge is 0.481 e. The number of primary sulfonamides is 1. The quantitative estimate of drug-likeness (QED) is 0.885. The third-order valence-electron chi connectivity index (χ3n) is 2.28. The van der Waals surface area contributed by atoms with E-state index in [-0.39, 0.29) is 4.90 Å². The molecule has 0 aliphatic carbocycles. The zero-order valence-electron chi connectivity index (χ0n) is 10.9. The highest BCUT2D eigenvalue weighted by atomic mass is 32.2. The Morgan fingerprint density at radius 2 is 1.45 bits per heavy atom. The number of aliphatic carboxylic acids is 1. The molecule has 106 valence electrons. The fourth-order valence-electron chi connectivity index (χ4n) is 1.57. The molecule has 0 atom stereocenters. The average molecular weight is 293 g/mol. The van der Waals surface area contributed by atoms with E-state index in [2.05, 4.69) is 0 Å². The Labute approximate surface area is 117 Å². The number of hydrogen-bond acceptors (Lipinski definition) is 3. The van der Waals surface area contributed by atoms with E-state index in [0.29, 0.717) is 5.56 Å². The molecule has 0 aliphatic rings. The Balaban J connectivity index is 0.000000444. The molecule has 0 unspecified atom stereocenters. The van der Waals surface area contributed by atoms with Crippen LogP contribution >= 0.6 is 0 Å². The Kier molecular flexibility index (Phi) is 5.42. The molecule has 6 heteroatoms. The maximum Gasteiger partial charge on any atom is 0.300 e. The van der Waals surface area contributed by atoms with Crippen LogP contribution in [0.25, 0.3) is 11.1 Å². The van der Waals surface area contributed by atoms with Crippen LogP contribution in [0.2, 0.25) is 0 Å². The van der Waals surface area contributed by atoms with Gasteiger partial charge in [0.1, 0.15) is 0 Å². The van der Waals surface area contributed by atoms with Crippen molar-refractivity contribution in [1.29, 1.82) is 0 Å². The smallest absolute Gasteiger partial charge is 0.300 e. The van der Waals surface area contributed by atoms with Gasteiger partial charge in [0.2, 0.25) is 10.0 Å². The van der Waals surface area contributed by atoms with Crippen molar-refractivity contribution < 1.29 is 18.3 Å². The highest BCUT2D eigenvalue weighted by Crippen LogP contribution is 2.25. The van der Waals surface area contributed by atoms with Gasteiger partial charge in [-0.3, -0.25) is 4.79 Å². The SMILES string of the molecule is CC(=O)O.NS(=O)(=O)c1ccccc1-c1ccccc1. The Hall–Kier alpha value is -2.18. The molecule has 3 N–H and O–H groups in total. The lowest BCUT2D eigenvalue weighted by Gasteiger charge is -2.07. The Morgan fingerprint density at radius 1 is 1.00 bits per heavy atom. The van der Waals surface area contributed by atoms with Crippen LogP contribution in [-0.2, 0) is 14.8 Å². The van der Waals surface area contributed by atoms with Gasteiger partial charge in [-0.2, -0.15) is 0 Å². The second kappa shape index (κ2) is 6.83. The van der Waals surface area contributed by atoms with Gasteiger partial charge in [-0.1, -0.05) is 48.5 Å². The molecule has 2 rings (SSSR count). The second-order valence-electron chi connectivity index (χ2n) is 3.93. The number of carboxylic acid groups (broad SMARTS) is 1. The number of hydrogen-bond donors (Lipinski definition) is 2. The standard InChI is InChI=1S/C12H11NO2S.C2H4O2/c13-16(14,15)12-9-5-4-8-11(12)10-6-2-1-3-7-10;1-2(3)4/h1-9H,(H2,13,14,15);1H3,(H,3,4). The van der Waals surface area contributed by atoms with Gasteiger partial charge in [0, 0.05) is 12.5 Å². The van der Waals surface area contributed by atoms with Crippen LogP contribution in [0.15, 0.2) is 59.5 Å². The predicted molar refractivity (Wildman–Crippen MR) is 76.6 cm³/mol. The molecule has 0 spiro atoms. The van der Waals surface area contributed by atoms with E-state index in [1.165, 1.54) is 6.07 Å². The number of benzene rings is 2. The van der Waals surface area contributed by atoms with Crippen molar-refractivity contribution in [3.05, 3.63) is 54.6 Å². The van der Waals surface area contributed by atoms with Crippen molar-refractivity contribution in [2.75, 3.05) is 0 Å². The number of sulfonamides is 1. The van der Waals surface area contributed by atoms with E-state index >= 15 is 0 Å². The van der Waals surface area contributed by atoms with E-state index in [9.17, 15) is 8.42 Å². The number of rotatable bonds is 2. The van der Waals surface area contributed by atoms with Gasteiger partial charge in [0.05, 0.1) is 4.90 Å². The lowest BCUT2D eigenvalue weighted by Crippen LogP contribution is -2.13. The minimum absolute atomic E-state index is 0.154. The second-order valence-corrected chi connectivity index (χ2v) is 5.46. The highest BCUT2D eigenvalue weighted by Gasteiger charge is 2.13. The van der Waals surface area contributed by atoms with E-state index in [1.807, 2.05) is 30.3 Å². The summed E-state index contributed by atoms with van der Waals surface area (Å²) in [6, 6.07) is 16.0. The Bertz CT molecular complexity index is 677. The van der Waals surface area contributed by atoms with Gasteiger partial charge in [-0.15, -0.1) is 0 Å². The normalized spacial score (nSPS) is 10.3. The molecule has 5 nitrogen and oxygen atoms in total.